The molecular weight excluding hydrogens is 250 g/mol. The van der Waals surface area contributed by atoms with Gasteiger partial charge in [-0.2, -0.15) is 0 Å². The van der Waals surface area contributed by atoms with Crippen LogP contribution in [0.15, 0.2) is 12.3 Å². The minimum Gasteiger partial charge on any atom is -0.342 e. The van der Waals surface area contributed by atoms with E-state index in [0.717, 1.165) is 38.3 Å². The van der Waals surface area contributed by atoms with E-state index < -0.39 is 0 Å². The molecule has 98 valence electrons. The number of aromatic nitrogens is 1. The molecule has 3 rings (SSSR count). The molecule has 4 nitrogen and oxygen atoms in total. The number of carbonyl (C=O) groups excluding carboxylic acids is 1. The molecule has 18 heavy (non-hydrogen) atoms. The van der Waals surface area contributed by atoms with E-state index in [1.54, 1.807) is 6.07 Å². The highest BCUT2D eigenvalue weighted by Gasteiger charge is 2.40. The lowest BCUT2D eigenvalue weighted by molar-refractivity contribution is 0.0726. The van der Waals surface area contributed by atoms with Crippen molar-refractivity contribution in [1.82, 2.24) is 14.8 Å². The summed E-state index contributed by atoms with van der Waals surface area (Å²) in [5.41, 5.74) is 0.718. The van der Waals surface area contributed by atoms with E-state index in [2.05, 4.69) is 5.32 Å². The molecule has 0 aromatic carbocycles. The number of amides is 1. The van der Waals surface area contributed by atoms with Crippen LogP contribution in [0.1, 0.15) is 23.8 Å². The van der Waals surface area contributed by atoms with Gasteiger partial charge in [0.2, 0.25) is 0 Å². The standard InChI is InChI=1S/C13H18ClN3O/c1-2-16-8-10(14)5-11(16)13(18)17-4-3-9-6-15-7-12(9)17/h5,8-9,12,15H,2-4,6-7H2,1H3/t9-,12+/m1/s1. The van der Waals surface area contributed by atoms with Gasteiger partial charge in [-0.05, 0) is 25.3 Å². The van der Waals surface area contributed by atoms with Crippen LogP contribution in [0.3, 0.4) is 0 Å². The topological polar surface area (TPSA) is 37.3 Å². The Morgan fingerprint density at radius 3 is 3.17 bits per heavy atom. The molecular formula is C13H18ClN3O. The molecule has 2 aliphatic rings. The number of hydrogen-bond donors (Lipinski definition) is 1. The van der Waals surface area contributed by atoms with Crippen LogP contribution in [0.4, 0.5) is 0 Å². The smallest absolute Gasteiger partial charge is 0.270 e. The zero-order chi connectivity index (χ0) is 12.7. The number of carbonyl (C=O) groups is 1. The molecule has 2 atom stereocenters. The largest absolute Gasteiger partial charge is 0.342 e. The highest BCUT2D eigenvalue weighted by Crippen LogP contribution is 2.29. The number of likely N-dealkylation sites (tertiary alicyclic amines) is 1. The summed E-state index contributed by atoms with van der Waals surface area (Å²) in [5, 5.41) is 4.01. The van der Waals surface area contributed by atoms with Gasteiger partial charge >= 0.3 is 0 Å². The highest BCUT2D eigenvalue weighted by molar-refractivity contribution is 6.31. The second kappa shape index (κ2) is 4.59. The van der Waals surface area contributed by atoms with Crippen LogP contribution in [-0.4, -0.2) is 41.1 Å². The summed E-state index contributed by atoms with van der Waals surface area (Å²) in [5.74, 6) is 0.759. The fourth-order valence-electron chi connectivity index (χ4n) is 3.16. The molecule has 0 spiro atoms. The van der Waals surface area contributed by atoms with Gasteiger partial charge < -0.3 is 14.8 Å². The predicted octanol–water partition coefficient (Wildman–Crippen LogP) is 1.60. The summed E-state index contributed by atoms with van der Waals surface area (Å²) in [6.07, 6.45) is 2.94. The number of fused-ring (bicyclic) bond motifs is 1. The first-order valence-electron chi connectivity index (χ1n) is 6.58. The SMILES string of the molecule is CCn1cc(Cl)cc1C(=O)N1CC[C@@H]2CNC[C@@H]21. The molecule has 1 aromatic heterocycles. The van der Waals surface area contributed by atoms with Gasteiger partial charge in [0.1, 0.15) is 5.69 Å². The van der Waals surface area contributed by atoms with Crippen molar-refractivity contribution < 1.29 is 4.79 Å². The summed E-state index contributed by atoms with van der Waals surface area (Å²) >= 11 is 6.00. The molecule has 0 radical (unpaired) electrons. The Bertz CT molecular complexity index is 471. The number of aryl methyl sites for hydroxylation is 1. The second-order valence-electron chi connectivity index (χ2n) is 5.10. The van der Waals surface area contributed by atoms with Crippen LogP contribution in [0.5, 0.6) is 0 Å². The van der Waals surface area contributed by atoms with Crippen molar-refractivity contribution in [2.75, 3.05) is 19.6 Å². The predicted molar refractivity (Wildman–Crippen MR) is 70.9 cm³/mol. The van der Waals surface area contributed by atoms with Gasteiger partial charge in [-0.25, -0.2) is 0 Å². The summed E-state index contributed by atoms with van der Waals surface area (Å²) < 4.78 is 1.93. The Balaban J connectivity index is 1.85. The lowest BCUT2D eigenvalue weighted by atomic mass is 10.1. The zero-order valence-electron chi connectivity index (χ0n) is 10.5. The minimum atomic E-state index is 0.125. The minimum absolute atomic E-state index is 0.125. The summed E-state index contributed by atoms with van der Waals surface area (Å²) in [6, 6.07) is 2.15. The summed E-state index contributed by atoms with van der Waals surface area (Å²) in [4.78, 5) is 14.6. The van der Waals surface area contributed by atoms with E-state index in [-0.39, 0.29) is 5.91 Å². The third-order valence-electron chi connectivity index (χ3n) is 4.13. The van der Waals surface area contributed by atoms with Gasteiger partial charge in [-0.15, -0.1) is 0 Å². The monoisotopic (exact) mass is 267 g/mol. The van der Waals surface area contributed by atoms with E-state index in [4.69, 9.17) is 11.6 Å². The molecule has 0 aliphatic carbocycles. The second-order valence-corrected chi connectivity index (χ2v) is 5.54. The van der Waals surface area contributed by atoms with Crippen molar-refractivity contribution in [3.63, 3.8) is 0 Å². The lowest BCUT2D eigenvalue weighted by Gasteiger charge is -2.23. The Morgan fingerprint density at radius 1 is 1.56 bits per heavy atom. The van der Waals surface area contributed by atoms with Crippen molar-refractivity contribution in [2.45, 2.75) is 25.9 Å². The van der Waals surface area contributed by atoms with Crippen molar-refractivity contribution in [3.05, 3.63) is 23.0 Å². The van der Waals surface area contributed by atoms with Gasteiger partial charge in [0.25, 0.3) is 5.91 Å². The third-order valence-corrected chi connectivity index (χ3v) is 4.34. The molecule has 0 saturated carbocycles. The number of halogens is 1. The van der Waals surface area contributed by atoms with Crippen LogP contribution in [0, 0.1) is 5.92 Å². The van der Waals surface area contributed by atoms with Crippen molar-refractivity contribution in [2.24, 2.45) is 5.92 Å². The summed E-state index contributed by atoms with van der Waals surface area (Å²) in [6.45, 7) is 5.65. The van der Waals surface area contributed by atoms with Crippen molar-refractivity contribution in [1.29, 1.82) is 0 Å². The quantitative estimate of drug-likeness (QED) is 0.884. The first-order chi connectivity index (χ1) is 8.70. The van der Waals surface area contributed by atoms with Crippen LogP contribution in [-0.2, 0) is 6.54 Å². The molecule has 1 aromatic rings. The Morgan fingerprint density at radius 2 is 2.39 bits per heavy atom. The molecule has 5 heteroatoms. The van der Waals surface area contributed by atoms with Gasteiger partial charge in [0.05, 0.1) is 5.02 Å². The van der Waals surface area contributed by atoms with Gasteiger partial charge in [0, 0.05) is 38.4 Å². The Hall–Kier alpha value is -1.00. The molecule has 2 fully saturated rings. The van der Waals surface area contributed by atoms with Crippen molar-refractivity contribution >= 4 is 17.5 Å². The van der Waals surface area contributed by atoms with Gasteiger partial charge in [-0.1, -0.05) is 11.6 Å². The zero-order valence-corrected chi connectivity index (χ0v) is 11.3. The average molecular weight is 268 g/mol. The molecule has 1 N–H and O–H groups in total. The van der Waals surface area contributed by atoms with Crippen LogP contribution in [0.25, 0.3) is 0 Å². The molecule has 2 aliphatic heterocycles. The van der Waals surface area contributed by atoms with E-state index in [1.165, 1.54) is 0 Å². The molecule has 3 heterocycles. The number of rotatable bonds is 2. The number of nitrogens with zero attached hydrogens (tertiary/aromatic N) is 2. The normalized spacial score (nSPS) is 26.7. The lowest BCUT2D eigenvalue weighted by Crippen LogP contribution is -2.39. The fourth-order valence-corrected chi connectivity index (χ4v) is 3.39. The fraction of sp³-hybridized carbons (Fsp3) is 0.615. The molecule has 0 unspecified atom stereocenters. The highest BCUT2D eigenvalue weighted by atomic mass is 35.5. The van der Waals surface area contributed by atoms with E-state index in [1.807, 2.05) is 22.6 Å². The number of nitrogens with one attached hydrogen (secondary N) is 1. The number of hydrogen-bond acceptors (Lipinski definition) is 2. The molecule has 1 amide bonds. The Kier molecular flexibility index (Phi) is 3.08. The summed E-state index contributed by atoms with van der Waals surface area (Å²) in [7, 11) is 0. The average Bonchev–Trinajstić information content (AvgIpc) is 3.01. The van der Waals surface area contributed by atoms with E-state index in [9.17, 15) is 4.79 Å². The maximum Gasteiger partial charge on any atom is 0.270 e. The van der Waals surface area contributed by atoms with Crippen LogP contribution >= 0.6 is 11.6 Å². The molecule has 0 bridgehead atoms. The maximum absolute atomic E-state index is 12.6. The van der Waals surface area contributed by atoms with E-state index in [0.29, 0.717) is 17.0 Å². The third kappa shape index (κ3) is 1.84. The van der Waals surface area contributed by atoms with Crippen molar-refractivity contribution in [3.8, 4) is 0 Å². The first-order valence-corrected chi connectivity index (χ1v) is 6.96. The molecule has 2 saturated heterocycles. The first kappa shape index (κ1) is 12.1. The van der Waals surface area contributed by atoms with Gasteiger partial charge in [0.15, 0.2) is 0 Å². The van der Waals surface area contributed by atoms with Gasteiger partial charge in [-0.3, -0.25) is 4.79 Å². The Labute approximate surface area is 112 Å². The van der Waals surface area contributed by atoms with Crippen LogP contribution < -0.4 is 5.32 Å². The maximum atomic E-state index is 12.6. The van der Waals surface area contributed by atoms with E-state index >= 15 is 0 Å². The van der Waals surface area contributed by atoms with Crippen LogP contribution in [0.2, 0.25) is 5.02 Å².